The molecule has 0 atom stereocenters. The van der Waals surface area contributed by atoms with Crippen LogP contribution < -0.4 is 5.32 Å². The fourth-order valence-electron chi connectivity index (χ4n) is 2.33. The predicted molar refractivity (Wildman–Crippen MR) is 84.8 cm³/mol. The molecular formula is C17H16BrNO2. The van der Waals surface area contributed by atoms with Crippen LogP contribution >= 0.6 is 15.9 Å². The Morgan fingerprint density at radius 2 is 1.76 bits per heavy atom. The van der Waals surface area contributed by atoms with Gasteiger partial charge in [-0.15, -0.1) is 0 Å². The van der Waals surface area contributed by atoms with Gasteiger partial charge in [0.15, 0.2) is 0 Å². The molecule has 21 heavy (non-hydrogen) atoms. The minimum atomic E-state index is -0.362. The van der Waals surface area contributed by atoms with Gasteiger partial charge in [0.25, 0.3) is 0 Å². The highest BCUT2D eigenvalue weighted by Crippen LogP contribution is 2.45. The van der Waals surface area contributed by atoms with Crippen molar-refractivity contribution in [1.29, 1.82) is 0 Å². The molecule has 1 aliphatic carbocycles. The highest BCUT2D eigenvalue weighted by Gasteiger charge is 2.46. The molecule has 1 amide bonds. The van der Waals surface area contributed by atoms with Gasteiger partial charge in [-0.2, -0.15) is 0 Å². The lowest BCUT2D eigenvalue weighted by Crippen LogP contribution is -2.35. The first kappa shape index (κ1) is 14.1. The van der Waals surface area contributed by atoms with Gasteiger partial charge < -0.3 is 10.1 Å². The molecule has 3 nitrogen and oxygen atoms in total. The van der Waals surface area contributed by atoms with E-state index in [-0.39, 0.29) is 11.6 Å². The van der Waals surface area contributed by atoms with E-state index in [2.05, 4.69) is 21.2 Å². The van der Waals surface area contributed by atoms with Crippen molar-refractivity contribution in [3.8, 4) is 0 Å². The molecular weight excluding hydrogens is 330 g/mol. The maximum absolute atomic E-state index is 12.0. The van der Waals surface area contributed by atoms with E-state index in [0.29, 0.717) is 6.61 Å². The number of hydrogen-bond donors (Lipinski definition) is 1. The number of rotatable bonds is 4. The molecule has 0 saturated heterocycles. The highest BCUT2D eigenvalue weighted by atomic mass is 79.9. The normalized spacial score (nSPS) is 15.3. The first-order chi connectivity index (χ1) is 10.2. The Bertz CT molecular complexity index is 621. The van der Waals surface area contributed by atoms with Gasteiger partial charge in [-0.3, -0.25) is 0 Å². The molecule has 1 fully saturated rings. The van der Waals surface area contributed by atoms with Crippen LogP contribution in [0.3, 0.4) is 0 Å². The van der Waals surface area contributed by atoms with E-state index >= 15 is 0 Å². The first-order valence-electron chi connectivity index (χ1n) is 6.93. The smallest absolute Gasteiger partial charge is 0.408 e. The van der Waals surface area contributed by atoms with Gasteiger partial charge >= 0.3 is 6.09 Å². The summed E-state index contributed by atoms with van der Waals surface area (Å²) in [5.74, 6) is 0. The molecule has 2 aromatic carbocycles. The lowest BCUT2D eigenvalue weighted by atomic mass is 10.1. The van der Waals surface area contributed by atoms with E-state index in [1.165, 1.54) is 0 Å². The summed E-state index contributed by atoms with van der Waals surface area (Å²) in [4.78, 5) is 12.0. The number of amides is 1. The standard InChI is InChI=1S/C17H16BrNO2/c18-15-8-6-14(7-9-15)17(10-11-17)19-16(20)21-12-13-4-2-1-3-5-13/h1-9H,10-12H2,(H,19,20). The monoisotopic (exact) mass is 345 g/mol. The average Bonchev–Trinajstić information content (AvgIpc) is 3.27. The number of alkyl carbamates (subject to hydrolysis) is 1. The Labute approximate surface area is 132 Å². The SMILES string of the molecule is O=C(NC1(c2ccc(Br)cc2)CC1)OCc1ccccc1. The van der Waals surface area contributed by atoms with Gasteiger partial charge in [0.05, 0.1) is 5.54 Å². The van der Waals surface area contributed by atoms with Gasteiger partial charge in [-0.1, -0.05) is 58.4 Å². The second kappa shape index (κ2) is 5.90. The molecule has 4 heteroatoms. The Morgan fingerprint density at radius 1 is 1.10 bits per heavy atom. The summed E-state index contributed by atoms with van der Waals surface area (Å²) in [5.41, 5.74) is 1.87. The summed E-state index contributed by atoms with van der Waals surface area (Å²) in [7, 11) is 0. The van der Waals surface area contributed by atoms with Gasteiger partial charge in [-0.25, -0.2) is 4.79 Å². The lowest BCUT2D eigenvalue weighted by Gasteiger charge is -2.18. The van der Waals surface area contributed by atoms with Crippen molar-refractivity contribution < 1.29 is 9.53 Å². The summed E-state index contributed by atoms with van der Waals surface area (Å²) < 4.78 is 6.33. The lowest BCUT2D eigenvalue weighted by molar-refractivity contribution is 0.134. The van der Waals surface area contributed by atoms with Crippen LogP contribution in [0.4, 0.5) is 4.79 Å². The zero-order valence-electron chi connectivity index (χ0n) is 11.5. The number of halogens is 1. The van der Waals surface area contributed by atoms with Crippen LogP contribution in [0, 0.1) is 0 Å². The van der Waals surface area contributed by atoms with Crippen molar-refractivity contribution in [2.75, 3.05) is 0 Å². The fourth-order valence-corrected chi connectivity index (χ4v) is 2.60. The van der Waals surface area contributed by atoms with Crippen LogP contribution in [0.15, 0.2) is 59.1 Å². The Morgan fingerprint density at radius 3 is 2.38 bits per heavy atom. The minimum Gasteiger partial charge on any atom is -0.445 e. The Hall–Kier alpha value is -1.81. The molecule has 1 aliphatic rings. The number of benzene rings is 2. The zero-order valence-corrected chi connectivity index (χ0v) is 13.1. The van der Waals surface area contributed by atoms with Crippen molar-refractivity contribution in [3.63, 3.8) is 0 Å². The van der Waals surface area contributed by atoms with E-state index in [9.17, 15) is 4.79 Å². The van der Waals surface area contributed by atoms with E-state index in [4.69, 9.17) is 4.74 Å². The molecule has 1 N–H and O–H groups in total. The van der Waals surface area contributed by atoms with E-state index in [1.54, 1.807) is 0 Å². The van der Waals surface area contributed by atoms with Crippen LogP contribution in [-0.4, -0.2) is 6.09 Å². The Balaban J connectivity index is 1.58. The number of nitrogens with one attached hydrogen (secondary N) is 1. The fraction of sp³-hybridized carbons (Fsp3) is 0.235. The maximum Gasteiger partial charge on any atom is 0.408 e. The van der Waals surface area contributed by atoms with Gasteiger partial charge in [0, 0.05) is 4.47 Å². The second-order valence-electron chi connectivity index (χ2n) is 5.28. The molecule has 3 rings (SSSR count). The van der Waals surface area contributed by atoms with Crippen molar-refractivity contribution in [2.24, 2.45) is 0 Å². The number of hydrogen-bond acceptors (Lipinski definition) is 2. The summed E-state index contributed by atoms with van der Waals surface area (Å²) >= 11 is 3.42. The molecule has 0 unspecified atom stereocenters. The molecule has 0 spiro atoms. The van der Waals surface area contributed by atoms with Crippen LogP contribution in [0.2, 0.25) is 0 Å². The molecule has 108 valence electrons. The second-order valence-corrected chi connectivity index (χ2v) is 6.19. The van der Waals surface area contributed by atoms with E-state index in [1.807, 2.05) is 54.6 Å². The molecule has 0 radical (unpaired) electrons. The third-order valence-electron chi connectivity index (χ3n) is 3.70. The maximum atomic E-state index is 12.0. The quantitative estimate of drug-likeness (QED) is 0.893. The summed E-state index contributed by atoms with van der Waals surface area (Å²) in [6.07, 6.45) is 1.55. The van der Waals surface area contributed by atoms with Gasteiger partial charge in [0.2, 0.25) is 0 Å². The molecule has 0 bridgehead atoms. The average molecular weight is 346 g/mol. The summed E-state index contributed by atoms with van der Waals surface area (Å²) in [5, 5.41) is 3.00. The molecule has 1 saturated carbocycles. The van der Waals surface area contributed by atoms with Gasteiger partial charge in [0.1, 0.15) is 6.61 Å². The molecule has 2 aromatic rings. The van der Waals surface area contributed by atoms with Crippen LogP contribution in [0.25, 0.3) is 0 Å². The van der Waals surface area contributed by atoms with E-state index < -0.39 is 0 Å². The highest BCUT2D eigenvalue weighted by molar-refractivity contribution is 9.10. The van der Waals surface area contributed by atoms with Crippen molar-refractivity contribution in [1.82, 2.24) is 5.32 Å². The Kier molecular flexibility index (Phi) is 3.97. The van der Waals surface area contributed by atoms with Gasteiger partial charge in [-0.05, 0) is 36.1 Å². The largest absolute Gasteiger partial charge is 0.445 e. The third-order valence-corrected chi connectivity index (χ3v) is 4.23. The summed E-state index contributed by atoms with van der Waals surface area (Å²) in [6, 6.07) is 17.7. The third kappa shape index (κ3) is 3.45. The van der Waals surface area contributed by atoms with E-state index in [0.717, 1.165) is 28.4 Å². The number of carbonyl (C=O) groups is 1. The van der Waals surface area contributed by atoms with Crippen molar-refractivity contribution in [3.05, 3.63) is 70.2 Å². The van der Waals surface area contributed by atoms with Crippen molar-refractivity contribution in [2.45, 2.75) is 25.0 Å². The number of carbonyl (C=O) groups excluding carboxylic acids is 1. The number of ether oxygens (including phenoxy) is 1. The minimum absolute atomic E-state index is 0.242. The topological polar surface area (TPSA) is 38.3 Å². The molecule has 0 aliphatic heterocycles. The predicted octanol–water partition coefficient (Wildman–Crippen LogP) is 4.36. The van der Waals surface area contributed by atoms with Crippen LogP contribution in [0.1, 0.15) is 24.0 Å². The molecule has 0 heterocycles. The van der Waals surface area contributed by atoms with Crippen LogP contribution in [0.5, 0.6) is 0 Å². The summed E-state index contributed by atoms with van der Waals surface area (Å²) in [6.45, 7) is 0.295. The van der Waals surface area contributed by atoms with Crippen molar-refractivity contribution >= 4 is 22.0 Å². The first-order valence-corrected chi connectivity index (χ1v) is 7.72. The molecule has 0 aromatic heterocycles. The van der Waals surface area contributed by atoms with Crippen LogP contribution in [-0.2, 0) is 16.9 Å². The zero-order chi connectivity index (χ0) is 14.7.